The van der Waals surface area contributed by atoms with Crippen molar-refractivity contribution < 1.29 is 9.53 Å². The molecule has 1 unspecified atom stereocenters. The summed E-state index contributed by atoms with van der Waals surface area (Å²) in [6, 6.07) is 10.2. The van der Waals surface area contributed by atoms with Gasteiger partial charge in [0.15, 0.2) is 0 Å². The third-order valence-corrected chi connectivity index (χ3v) is 5.26. The number of likely N-dealkylation sites (N-methyl/N-ethyl adjacent to an activating group) is 1. The van der Waals surface area contributed by atoms with Crippen molar-refractivity contribution in [3.8, 4) is 5.75 Å². The van der Waals surface area contributed by atoms with Gasteiger partial charge in [-0.15, -0.1) is 0 Å². The first-order valence-corrected chi connectivity index (χ1v) is 9.43. The van der Waals surface area contributed by atoms with Gasteiger partial charge in [-0.2, -0.15) is 0 Å². The van der Waals surface area contributed by atoms with Crippen molar-refractivity contribution in [3.63, 3.8) is 0 Å². The Kier molecular flexibility index (Phi) is 4.74. The number of carbonyl (C=O) groups is 1. The van der Waals surface area contributed by atoms with Gasteiger partial charge in [-0.3, -0.25) is 9.78 Å². The molecule has 1 aliphatic heterocycles. The van der Waals surface area contributed by atoms with Crippen LogP contribution in [0.1, 0.15) is 48.9 Å². The summed E-state index contributed by atoms with van der Waals surface area (Å²) in [5.41, 5.74) is 4.33. The number of pyridine rings is 1. The molecular weight excluding hydrogens is 324 g/mol. The fourth-order valence-electron chi connectivity index (χ4n) is 3.96. The third-order valence-electron chi connectivity index (χ3n) is 5.26. The number of hydrogen-bond acceptors (Lipinski definition) is 3. The highest BCUT2D eigenvalue weighted by atomic mass is 16.5. The lowest BCUT2D eigenvalue weighted by molar-refractivity contribution is -0.128. The second-order valence-electron chi connectivity index (χ2n) is 6.87. The number of hydrogen-bond donors (Lipinski definition) is 0. The lowest BCUT2D eigenvalue weighted by atomic mass is 9.95. The van der Waals surface area contributed by atoms with Crippen molar-refractivity contribution in [2.75, 3.05) is 13.2 Å². The molecule has 1 atom stereocenters. The molecule has 0 saturated heterocycles. The Morgan fingerprint density at radius 2 is 2.19 bits per heavy atom. The number of allylic oxidation sites excluding steroid dienone is 1. The predicted molar refractivity (Wildman–Crippen MR) is 101 cm³/mol. The van der Waals surface area contributed by atoms with Crippen LogP contribution in [-0.4, -0.2) is 28.9 Å². The minimum atomic E-state index is -0.131. The number of carbonyl (C=O) groups excluding carboxylic acids is 1. The molecule has 1 amide bonds. The summed E-state index contributed by atoms with van der Waals surface area (Å²) in [6.45, 7) is 3.44. The Bertz CT molecular complexity index is 829. The highest BCUT2D eigenvalue weighted by Gasteiger charge is 2.29. The number of aromatic nitrogens is 1. The van der Waals surface area contributed by atoms with Gasteiger partial charge in [0.2, 0.25) is 5.91 Å². The summed E-state index contributed by atoms with van der Waals surface area (Å²) < 4.78 is 5.65. The van der Waals surface area contributed by atoms with E-state index in [1.807, 2.05) is 30.2 Å². The molecule has 26 heavy (non-hydrogen) atoms. The zero-order chi connectivity index (χ0) is 17.9. The summed E-state index contributed by atoms with van der Waals surface area (Å²) in [5, 5.41) is 0. The zero-order valence-corrected chi connectivity index (χ0v) is 15.1. The van der Waals surface area contributed by atoms with Crippen LogP contribution in [0.15, 0.2) is 54.4 Å². The fourth-order valence-corrected chi connectivity index (χ4v) is 3.96. The van der Waals surface area contributed by atoms with Crippen LogP contribution < -0.4 is 4.74 Å². The van der Waals surface area contributed by atoms with Gasteiger partial charge in [0.25, 0.3) is 0 Å². The summed E-state index contributed by atoms with van der Waals surface area (Å²) in [7, 11) is 0. The highest BCUT2D eigenvalue weighted by Crippen LogP contribution is 2.35. The first-order chi connectivity index (χ1) is 12.8. The standard InChI is InChI=1S/C22H24N2O2/c1-2-24(22(25)16-6-3-4-7-16)21(19-8-5-12-23-15-19)18-9-10-20-17(14-18)11-13-26-20/h5-6,8-10,12,14-15,21H,2-4,7,11,13H2,1H3. The van der Waals surface area contributed by atoms with Gasteiger partial charge >= 0.3 is 0 Å². The van der Waals surface area contributed by atoms with E-state index in [2.05, 4.69) is 29.3 Å². The Labute approximate surface area is 154 Å². The number of amides is 1. The molecule has 0 radical (unpaired) electrons. The molecule has 0 saturated carbocycles. The van der Waals surface area contributed by atoms with Crippen LogP contribution in [0.4, 0.5) is 0 Å². The minimum Gasteiger partial charge on any atom is -0.493 e. The fraction of sp³-hybridized carbons (Fsp3) is 0.364. The predicted octanol–water partition coefficient (Wildman–Crippen LogP) is 4.06. The highest BCUT2D eigenvalue weighted by molar-refractivity contribution is 5.94. The third kappa shape index (κ3) is 3.12. The summed E-state index contributed by atoms with van der Waals surface area (Å²) >= 11 is 0. The summed E-state index contributed by atoms with van der Waals surface area (Å²) in [4.78, 5) is 19.5. The molecule has 0 N–H and O–H groups in total. The monoisotopic (exact) mass is 348 g/mol. The average Bonchev–Trinajstić information content (AvgIpc) is 3.37. The van der Waals surface area contributed by atoms with E-state index in [0.29, 0.717) is 6.54 Å². The maximum atomic E-state index is 13.2. The van der Waals surface area contributed by atoms with E-state index >= 15 is 0 Å². The lowest BCUT2D eigenvalue weighted by Crippen LogP contribution is -2.36. The van der Waals surface area contributed by atoms with Crippen LogP contribution in [0.3, 0.4) is 0 Å². The van der Waals surface area contributed by atoms with Crippen molar-refractivity contribution in [2.24, 2.45) is 0 Å². The van der Waals surface area contributed by atoms with Crippen LogP contribution in [0, 0.1) is 0 Å². The number of fused-ring (bicyclic) bond motifs is 1. The van der Waals surface area contributed by atoms with Crippen molar-refractivity contribution >= 4 is 5.91 Å². The van der Waals surface area contributed by atoms with E-state index in [1.165, 1.54) is 5.56 Å². The van der Waals surface area contributed by atoms with Gasteiger partial charge in [0.05, 0.1) is 12.6 Å². The SMILES string of the molecule is CCN(C(=O)C1=CCCC1)C(c1cccnc1)c1ccc2c(c1)CCO2. The maximum absolute atomic E-state index is 13.2. The van der Waals surface area contributed by atoms with Gasteiger partial charge < -0.3 is 9.64 Å². The summed E-state index contributed by atoms with van der Waals surface area (Å²) in [6.07, 6.45) is 9.63. The van der Waals surface area contributed by atoms with Crippen molar-refractivity contribution in [3.05, 3.63) is 71.1 Å². The molecule has 0 spiro atoms. The average molecular weight is 348 g/mol. The zero-order valence-electron chi connectivity index (χ0n) is 15.1. The molecule has 4 rings (SSSR count). The van der Waals surface area contributed by atoms with Crippen LogP contribution in [0.25, 0.3) is 0 Å². The topological polar surface area (TPSA) is 42.4 Å². The normalized spacial score (nSPS) is 16.6. The molecular formula is C22H24N2O2. The second-order valence-corrected chi connectivity index (χ2v) is 6.87. The molecule has 0 fully saturated rings. The van der Waals surface area contributed by atoms with E-state index in [1.54, 1.807) is 6.20 Å². The van der Waals surface area contributed by atoms with E-state index in [-0.39, 0.29) is 11.9 Å². The minimum absolute atomic E-state index is 0.131. The molecule has 134 valence electrons. The molecule has 2 aliphatic rings. The molecule has 2 heterocycles. The quantitative estimate of drug-likeness (QED) is 0.818. The van der Waals surface area contributed by atoms with Gasteiger partial charge in [-0.1, -0.05) is 18.2 Å². The van der Waals surface area contributed by atoms with Gasteiger partial charge in [0, 0.05) is 30.9 Å². The van der Waals surface area contributed by atoms with E-state index in [4.69, 9.17) is 4.74 Å². The second kappa shape index (κ2) is 7.32. The largest absolute Gasteiger partial charge is 0.493 e. The Morgan fingerprint density at radius 3 is 2.92 bits per heavy atom. The van der Waals surface area contributed by atoms with Crippen LogP contribution in [0.2, 0.25) is 0 Å². The first-order valence-electron chi connectivity index (χ1n) is 9.43. The Balaban J connectivity index is 1.76. The number of rotatable bonds is 5. The van der Waals surface area contributed by atoms with Gasteiger partial charge in [-0.25, -0.2) is 0 Å². The molecule has 0 bridgehead atoms. The molecule has 1 aromatic heterocycles. The van der Waals surface area contributed by atoms with Crippen LogP contribution in [-0.2, 0) is 11.2 Å². The lowest BCUT2D eigenvalue weighted by Gasteiger charge is -2.32. The molecule has 4 heteroatoms. The smallest absolute Gasteiger partial charge is 0.250 e. The molecule has 1 aliphatic carbocycles. The number of benzene rings is 1. The number of ether oxygens (including phenoxy) is 1. The van der Waals surface area contributed by atoms with Gasteiger partial charge in [0.1, 0.15) is 5.75 Å². The summed E-state index contributed by atoms with van der Waals surface area (Å²) in [5.74, 6) is 1.11. The van der Waals surface area contributed by atoms with Gasteiger partial charge in [-0.05, 0) is 61.1 Å². The van der Waals surface area contributed by atoms with E-state index < -0.39 is 0 Å². The Morgan fingerprint density at radius 1 is 1.27 bits per heavy atom. The number of nitrogens with zero attached hydrogens (tertiary/aromatic N) is 2. The van der Waals surface area contributed by atoms with E-state index in [9.17, 15) is 4.79 Å². The van der Waals surface area contributed by atoms with Crippen LogP contribution >= 0.6 is 0 Å². The molecule has 4 nitrogen and oxygen atoms in total. The molecule has 2 aromatic rings. The van der Waals surface area contributed by atoms with E-state index in [0.717, 1.165) is 54.7 Å². The van der Waals surface area contributed by atoms with Crippen molar-refractivity contribution in [1.29, 1.82) is 0 Å². The maximum Gasteiger partial charge on any atom is 0.250 e. The first kappa shape index (κ1) is 16.8. The Hall–Kier alpha value is -2.62. The van der Waals surface area contributed by atoms with Crippen molar-refractivity contribution in [2.45, 2.75) is 38.6 Å². The molecule has 1 aromatic carbocycles. The van der Waals surface area contributed by atoms with Crippen molar-refractivity contribution in [1.82, 2.24) is 9.88 Å². The van der Waals surface area contributed by atoms with Crippen LogP contribution in [0.5, 0.6) is 5.75 Å².